The summed E-state index contributed by atoms with van der Waals surface area (Å²) in [5.74, 6) is 0.740. The van der Waals surface area contributed by atoms with Crippen molar-refractivity contribution in [3.8, 4) is 5.75 Å². The first-order chi connectivity index (χ1) is 16.6. The molecule has 0 radical (unpaired) electrons. The lowest BCUT2D eigenvalue weighted by atomic mass is 10.1. The van der Waals surface area contributed by atoms with E-state index >= 15 is 0 Å². The van der Waals surface area contributed by atoms with Gasteiger partial charge in [-0.15, -0.1) is 16.8 Å². The van der Waals surface area contributed by atoms with Crippen molar-refractivity contribution < 1.29 is 9.90 Å². The SMILES string of the molecule is C=CCn1c(CNc2cccc3ccccc23)nnc1SCC(=O)N/N=C\c1cccc(O)c1. The van der Waals surface area contributed by atoms with Gasteiger partial charge in [0.2, 0.25) is 0 Å². The highest BCUT2D eigenvalue weighted by Gasteiger charge is 2.13. The van der Waals surface area contributed by atoms with E-state index in [-0.39, 0.29) is 17.4 Å². The zero-order valence-corrected chi connectivity index (χ0v) is 19.2. The third-order valence-electron chi connectivity index (χ3n) is 4.94. The minimum atomic E-state index is -0.273. The number of benzene rings is 3. The van der Waals surface area contributed by atoms with Gasteiger partial charge in [-0.2, -0.15) is 5.10 Å². The van der Waals surface area contributed by atoms with Crippen LogP contribution in [0.3, 0.4) is 0 Å². The number of carbonyl (C=O) groups excluding carboxylic acids is 1. The number of thioether (sulfide) groups is 1. The van der Waals surface area contributed by atoms with Crippen molar-refractivity contribution in [1.29, 1.82) is 0 Å². The summed E-state index contributed by atoms with van der Waals surface area (Å²) in [4.78, 5) is 12.2. The average molecular weight is 473 g/mol. The Balaban J connectivity index is 1.37. The molecule has 0 unspecified atom stereocenters. The third-order valence-corrected chi connectivity index (χ3v) is 5.90. The number of phenolic OH excluding ortho intramolecular Hbond substituents is 1. The summed E-state index contributed by atoms with van der Waals surface area (Å²) >= 11 is 1.28. The van der Waals surface area contributed by atoms with Crippen molar-refractivity contribution in [2.24, 2.45) is 5.10 Å². The fourth-order valence-corrected chi connectivity index (χ4v) is 4.13. The number of hydrazone groups is 1. The fraction of sp³-hybridized carbons (Fsp3) is 0.120. The Morgan fingerprint density at radius 1 is 1.12 bits per heavy atom. The Morgan fingerprint density at radius 3 is 2.79 bits per heavy atom. The van der Waals surface area contributed by atoms with E-state index in [9.17, 15) is 9.90 Å². The number of nitrogens with one attached hydrogen (secondary N) is 2. The zero-order chi connectivity index (χ0) is 23.8. The number of hydrogen-bond donors (Lipinski definition) is 3. The number of aromatic hydroxyl groups is 1. The second kappa shape index (κ2) is 11.2. The highest BCUT2D eigenvalue weighted by Crippen LogP contribution is 2.24. The lowest BCUT2D eigenvalue weighted by Crippen LogP contribution is -2.20. The Kier molecular flexibility index (Phi) is 7.56. The summed E-state index contributed by atoms with van der Waals surface area (Å²) < 4.78 is 1.93. The number of amides is 1. The molecule has 0 aliphatic rings. The van der Waals surface area contributed by atoms with E-state index in [2.05, 4.69) is 50.8 Å². The Morgan fingerprint density at radius 2 is 1.94 bits per heavy atom. The second-order valence-corrected chi connectivity index (χ2v) is 8.30. The highest BCUT2D eigenvalue weighted by molar-refractivity contribution is 7.99. The van der Waals surface area contributed by atoms with Crippen molar-refractivity contribution in [2.45, 2.75) is 18.2 Å². The van der Waals surface area contributed by atoms with Gasteiger partial charge < -0.3 is 15.0 Å². The number of hydrogen-bond acceptors (Lipinski definition) is 7. The summed E-state index contributed by atoms with van der Waals surface area (Å²) in [6, 6.07) is 20.9. The van der Waals surface area contributed by atoms with Crippen molar-refractivity contribution in [2.75, 3.05) is 11.1 Å². The van der Waals surface area contributed by atoms with Crippen LogP contribution in [-0.2, 0) is 17.9 Å². The van der Waals surface area contributed by atoms with Gasteiger partial charge in [0.15, 0.2) is 11.0 Å². The molecule has 0 atom stereocenters. The number of rotatable bonds is 10. The van der Waals surface area contributed by atoms with E-state index in [0.717, 1.165) is 22.3 Å². The van der Waals surface area contributed by atoms with E-state index in [1.54, 1.807) is 30.3 Å². The molecule has 1 heterocycles. The topological polar surface area (TPSA) is 104 Å². The van der Waals surface area contributed by atoms with Crippen LogP contribution >= 0.6 is 11.8 Å². The number of phenols is 1. The first kappa shape index (κ1) is 23.1. The van der Waals surface area contributed by atoms with Crippen LogP contribution in [-0.4, -0.2) is 37.7 Å². The van der Waals surface area contributed by atoms with Gasteiger partial charge in [0.05, 0.1) is 18.5 Å². The monoisotopic (exact) mass is 472 g/mol. The Hall–Kier alpha value is -4.11. The number of allylic oxidation sites excluding steroid dienone is 1. The summed E-state index contributed by atoms with van der Waals surface area (Å²) in [7, 11) is 0. The molecule has 0 aliphatic heterocycles. The van der Waals surface area contributed by atoms with Crippen molar-refractivity contribution >= 4 is 40.3 Å². The van der Waals surface area contributed by atoms with Gasteiger partial charge in [0, 0.05) is 17.6 Å². The molecule has 1 amide bonds. The molecule has 0 bridgehead atoms. The number of carbonyl (C=O) groups is 1. The molecule has 1 aromatic heterocycles. The first-order valence-electron chi connectivity index (χ1n) is 10.6. The van der Waals surface area contributed by atoms with Crippen LogP contribution in [0.1, 0.15) is 11.4 Å². The van der Waals surface area contributed by atoms with Gasteiger partial charge in [0.25, 0.3) is 5.91 Å². The third kappa shape index (κ3) is 5.81. The Bertz CT molecular complexity index is 1330. The molecule has 3 aromatic carbocycles. The maximum atomic E-state index is 12.2. The van der Waals surface area contributed by atoms with Crippen LogP contribution in [0.15, 0.2) is 89.6 Å². The molecule has 0 saturated carbocycles. The molecule has 0 aliphatic carbocycles. The van der Waals surface area contributed by atoms with Gasteiger partial charge >= 0.3 is 0 Å². The van der Waals surface area contributed by atoms with Crippen LogP contribution in [0.4, 0.5) is 5.69 Å². The molecule has 0 spiro atoms. The molecule has 4 aromatic rings. The summed E-state index contributed by atoms with van der Waals surface area (Å²) in [6.45, 7) is 4.83. The van der Waals surface area contributed by atoms with Crippen molar-refractivity contribution in [3.63, 3.8) is 0 Å². The van der Waals surface area contributed by atoms with E-state index in [1.807, 2.05) is 28.8 Å². The van der Waals surface area contributed by atoms with Crippen LogP contribution in [0.5, 0.6) is 5.75 Å². The largest absolute Gasteiger partial charge is 0.508 e. The van der Waals surface area contributed by atoms with Crippen LogP contribution in [0.25, 0.3) is 10.8 Å². The van der Waals surface area contributed by atoms with Crippen LogP contribution in [0.2, 0.25) is 0 Å². The molecule has 0 saturated heterocycles. The number of nitrogens with zero attached hydrogens (tertiary/aromatic N) is 4. The predicted octanol–water partition coefficient (Wildman–Crippen LogP) is 4.18. The smallest absolute Gasteiger partial charge is 0.250 e. The maximum absolute atomic E-state index is 12.2. The summed E-state index contributed by atoms with van der Waals surface area (Å²) in [6.07, 6.45) is 3.24. The van der Waals surface area contributed by atoms with E-state index < -0.39 is 0 Å². The molecule has 4 rings (SSSR count). The van der Waals surface area contributed by atoms with Crippen LogP contribution in [0, 0.1) is 0 Å². The quantitative estimate of drug-likeness (QED) is 0.138. The molecular weight excluding hydrogens is 448 g/mol. The van der Waals surface area contributed by atoms with Gasteiger partial charge in [-0.25, -0.2) is 5.43 Å². The molecular formula is C25H24N6O2S. The molecule has 172 valence electrons. The zero-order valence-electron chi connectivity index (χ0n) is 18.4. The minimum absolute atomic E-state index is 0.128. The summed E-state index contributed by atoms with van der Waals surface area (Å²) in [5, 5.41) is 28.3. The lowest BCUT2D eigenvalue weighted by Gasteiger charge is -2.11. The molecule has 3 N–H and O–H groups in total. The molecule has 9 heteroatoms. The number of fused-ring (bicyclic) bond motifs is 1. The summed E-state index contributed by atoms with van der Waals surface area (Å²) in [5.41, 5.74) is 4.18. The Labute approximate surface area is 201 Å². The van der Waals surface area contributed by atoms with Crippen LogP contribution < -0.4 is 10.7 Å². The van der Waals surface area contributed by atoms with E-state index in [4.69, 9.17) is 0 Å². The fourth-order valence-electron chi connectivity index (χ4n) is 3.37. The van der Waals surface area contributed by atoms with Gasteiger partial charge in [-0.1, -0.05) is 66.4 Å². The van der Waals surface area contributed by atoms with E-state index in [1.165, 1.54) is 18.0 Å². The number of aromatic nitrogens is 3. The lowest BCUT2D eigenvalue weighted by molar-refractivity contribution is -0.118. The molecule has 0 fully saturated rings. The second-order valence-electron chi connectivity index (χ2n) is 7.36. The molecule has 34 heavy (non-hydrogen) atoms. The maximum Gasteiger partial charge on any atom is 0.250 e. The van der Waals surface area contributed by atoms with Gasteiger partial charge in [-0.3, -0.25) is 4.79 Å². The van der Waals surface area contributed by atoms with Crippen molar-refractivity contribution in [3.05, 3.63) is 90.8 Å². The number of anilines is 1. The first-order valence-corrected chi connectivity index (χ1v) is 11.6. The molecule has 8 nitrogen and oxygen atoms in total. The van der Waals surface area contributed by atoms with E-state index in [0.29, 0.717) is 23.8 Å². The predicted molar refractivity (Wildman–Crippen MR) is 136 cm³/mol. The van der Waals surface area contributed by atoms with Gasteiger partial charge in [0.1, 0.15) is 5.75 Å². The van der Waals surface area contributed by atoms with Crippen molar-refractivity contribution in [1.82, 2.24) is 20.2 Å². The highest BCUT2D eigenvalue weighted by atomic mass is 32.2. The standard InChI is InChI=1S/C25H24N6O2S/c1-2-13-31-23(16-26-22-12-6-9-19-8-3-4-11-21(19)22)28-30-25(31)34-17-24(33)29-27-15-18-7-5-10-20(32)14-18/h2-12,14-15,26,32H,1,13,16-17H2,(H,29,33)/b27-15-. The van der Waals surface area contributed by atoms with Gasteiger partial charge in [-0.05, 0) is 29.1 Å². The minimum Gasteiger partial charge on any atom is -0.508 e. The average Bonchev–Trinajstić information content (AvgIpc) is 3.23. The normalized spacial score (nSPS) is 11.1.